The van der Waals surface area contributed by atoms with Gasteiger partial charge >= 0.3 is 0 Å². The Balaban J connectivity index is 1.33. The Hall–Kier alpha value is -2.78. The van der Waals surface area contributed by atoms with Gasteiger partial charge in [0.05, 0.1) is 30.5 Å². The topological polar surface area (TPSA) is 90.1 Å². The molecule has 0 radical (unpaired) electrons. The van der Waals surface area contributed by atoms with E-state index in [1.807, 2.05) is 13.0 Å². The molecule has 0 unspecified atom stereocenters. The molecule has 1 saturated heterocycles. The van der Waals surface area contributed by atoms with Crippen molar-refractivity contribution in [2.75, 3.05) is 38.3 Å². The lowest BCUT2D eigenvalue weighted by atomic mass is 9.88. The van der Waals surface area contributed by atoms with Gasteiger partial charge in [0.2, 0.25) is 5.91 Å². The fourth-order valence-electron chi connectivity index (χ4n) is 5.83. The molecule has 180 valence electrons. The Morgan fingerprint density at radius 3 is 2.91 bits per heavy atom. The highest BCUT2D eigenvalue weighted by Gasteiger charge is 2.53. The fraction of sp³-hybridized carbons (Fsp3) is 0.560. The molecule has 0 bridgehead atoms. The number of anilines is 1. The number of H-pyrrole nitrogens is 2. The van der Waals surface area contributed by atoms with Crippen LogP contribution in [0.15, 0.2) is 6.07 Å². The molecule has 0 spiro atoms. The minimum atomic E-state index is -0.409. The number of hydrogen-bond donors (Lipinski definition) is 2. The summed E-state index contributed by atoms with van der Waals surface area (Å²) in [6.45, 7) is 8.60. The first-order chi connectivity index (χ1) is 16.3. The molecule has 2 aliphatic carbocycles. The van der Waals surface area contributed by atoms with Gasteiger partial charge in [0.1, 0.15) is 11.2 Å². The monoisotopic (exact) mass is 466 g/mol. The van der Waals surface area contributed by atoms with Crippen LogP contribution in [0.2, 0.25) is 0 Å². The third kappa shape index (κ3) is 3.28. The van der Waals surface area contributed by atoms with Crippen LogP contribution in [0.25, 0.3) is 22.6 Å². The van der Waals surface area contributed by atoms with E-state index in [-0.39, 0.29) is 17.5 Å². The molecule has 34 heavy (non-hydrogen) atoms. The zero-order valence-electron chi connectivity index (χ0n) is 20.2. The number of nitrogens with one attached hydrogen (secondary N) is 2. The quantitative estimate of drug-likeness (QED) is 0.616. The zero-order valence-corrected chi connectivity index (χ0v) is 20.2. The van der Waals surface area contributed by atoms with Gasteiger partial charge < -0.3 is 14.6 Å². The van der Waals surface area contributed by atoms with E-state index in [0.717, 1.165) is 18.5 Å². The lowest BCUT2D eigenvalue weighted by Gasteiger charge is -2.34. The Morgan fingerprint density at radius 2 is 2.15 bits per heavy atom. The number of likely N-dealkylation sites (N-methyl/N-ethyl adjacent to an activating group) is 1. The molecule has 6 rings (SSSR count). The Labute approximate surface area is 197 Å². The van der Waals surface area contributed by atoms with E-state index in [4.69, 9.17) is 4.74 Å². The number of amides is 1. The molecule has 3 aliphatic rings. The van der Waals surface area contributed by atoms with E-state index >= 15 is 4.39 Å². The Bertz CT molecular complexity index is 1290. The van der Waals surface area contributed by atoms with Crippen molar-refractivity contribution in [3.8, 4) is 11.5 Å². The lowest BCUT2D eigenvalue weighted by molar-refractivity contribution is -0.124. The second-order valence-electron chi connectivity index (χ2n) is 10.5. The average Bonchev–Trinajstić information content (AvgIpc) is 3.13. The van der Waals surface area contributed by atoms with Crippen molar-refractivity contribution in [2.24, 2.45) is 11.3 Å². The number of aromatic nitrogens is 4. The lowest BCUT2D eigenvalue weighted by Crippen LogP contribution is -2.50. The molecule has 3 atom stereocenters. The summed E-state index contributed by atoms with van der Waals surface area (Å²) in [4.78, 5) is 24.8. The van der Waals surface area contributed by atoms with Gasteiger partial charge in [-0.05, 0) is 50.5 Å². The van der Waals surface area contributed by atoms with Crippen LogP contribution in [0.3, 0.4) is 0 Å². The molecule has 8 nitrogen and oxygen atoms in total. The highest BCUT2D eigenvalue weighted by atomic mass is 19.1. The third-order valence-electron chi connectivity index (χ3n) is 8.32. The molecule has 1 amide bonds. The SMILES string of the molecule is Cc1c(N(C)C(=O)[C@H](C)N2CCOCC2)cc2[nH]c(-c3n[nH]c4c3C[C@@H]3C[C@]3(C)C4)nc2c1F. The van der Waals surface area contributed by atoms with Crippen LogP contribution in [0.1, 0.15) is 37.1 Å². The van der Waals surface area contributed by atoms with Crippen molar-refractivity contribution in [3.63, 3.8) is 0 Å². The first kappa shape index (κ1) is 21.7. The summed E-state index contributed by atoms with van der Waals surface area (Å²) in [6.07, 6.45) is 3.24. The molecule has 9 heteroatoms. The normalized spacial score (nSPS) is 25.1. The van der Waals surface area contributed by atoms with Gasteiger partial charge in [0, 0.05) is 37.0 Å². The number of aromatic amines is 2. The fourth-order valence-corrected chi connectivity index (χ4v) is 5.83. The second kappa shape index (κ2) is 7.61. The van der Waals surface area contributed by atoms with Gasteiger partial charge in [0.25, 0.3) is 0 Å². The van der Waals surface area contributed by atoms with E-state index in [9.17, 15) is 4.79 Å². The first-order valence-corrected chi connectivity index (χ1v) is 12.1. The summed E-state index contributed by atoms with van der Waals surface area (Å²) in [6, 6.07) is 1.51. The summed E-state index contributed by atoms with van der Waals surface area (Å²) in [5.41, 5.74) is 5.35. The summed E-state index contributed by atoms with van der Waals surface area (Å²) in [5, 5.41) is 7.74. The highest BCUT2D eigenvalue weighted by molar-refractivity contribution is 5.99. The van der Waals surface area contributed by atoms with Gasteiger partial charge in [-0.15, -0.1) is 0 Å². The van der Waals surface area contributed by atoms with Crippen LogP contribution in [0.4, 0.5) is 10.1 Å². The van der Waals surface area contributed by atoms with Crippen LogP contribution in [0, 0.1) is 24.1 Å². The van der Waals surface area contributed by atoms with Crippen molar-refractivity contribution in [1.29, 1.82) is 0 Å². The number of carbonyl (C=O) groups excluding carboxylic acids is 1. The summed E-state index contributed by atoms with van der Waals surface area (Å²) in [7, 11) is 1.71. The number of fused-ring (bicyclic) bond motifs is 3. The molecule has 3 aromatic rings. The maximum atomic E-state index is 15.5. The molecule has 2 aromatic heterocycles. The average molecular weight is 467 g/mol. The van der Waals surface area contributed by atoms with Crippen LogP contribution in [-0.2, 0) is 22.4 Å². The van der Waals surface area contributed by atoms with E-state index < -0.39 is 5.82 Å². The van der Waals surface area contributed by atoms with Crippen LogP contribution >= 0.6 is 0 Å². The highest BCUT2D eigenvalue weighted by Crippen LogP contribution is 2.59. The minimum Gasteiger partial charge on any atom is -0.379 e. The number of benzene rings is 1. The van der Waals surface area contributed by atoms with E-state index in [0.29, 0.717) is 60.2 Å². The molecule has 1 aromatic carbocycles. The number of imidazole rings is 1. The van der Waals surface area contributed by atoms with Crippen molar-refractivity contribution in [1.82, 2.24) is 25.1 Å². The van der Waals surface area contributed by atoms with Gasteiger partial charge in [-0.25, -0.2) is 9.37 Å². The molecule has 2 N–H and O–H groups in total. The molecule has 1 saturated carbocycles. The Kier molecular flexibility index (Phi) is 4.87. The summed E-state index contributed by atoms with van der Waals surface area (Å²) in [5.74, 6) is 0.785. The van der Waals surface area contributed by atoms with Gasteiger partial charge in [-0.3, -0.25) is 14.8 Å². The predicted octanol–water partition coefficient (Wildman–Crippen LogP) is 3.21. The van der Waals surface area contributed by atoms with Crippen molar-refractivity contribution in [2.45, 2.75) is 46.1 Å². The van der Waals surface area contributed by atoms with Crippen molar-refractivity contribution in [3.05, 3.63) is 28.7 Å². The largest absolute Gasteiger partial charge is 0.379 e. The first-order valence-electron chi connectivity index (χ1n) is 12.1. The van der Waals surface area contributed by atoms with Gasteiger partial charge in [-0.1, -0.05) is 6.92 Å². The second-order valence-corrected chi connectivity index (χ2v) is 10.5. The minimum absolute atomic E-state index is 0.0719. The number of carbonyl (C=O) groups is 1. The number of ether oxygens (including phenoxy) is 1. The van der Waals surface area contributed by atoms with Gasteiger partial charge in [-0.2, -0.15) is 5.10 Å². The molecule has 1 aliphatic heterocycles. The van der Waals surface area contributed by atoms with E-state index in [1.54, 1.807) is 18.9 Å². The van der Waals surface area contributed by atoms with Crippen LogP contribution in [-0.4, -0.2) is 70.4 Å². The standard InChI is InChI=1S/C25H31FN6O2/c1-13-19(31(4)24(33)14(2)32-5-7-34-8-6-32)10-17-22(20(13)26)28-23(27-17)21-16-9-15-11-25(15,3)12-18(16)29-30-21/h10,14-15H,5-9,11-12H2,1-4H3,(H,27,28)(H,29,30)/t14-,15+,25+/m0/s1. The van der Waals surface area contributed by atoms with E-state index in [1.165, 1.54) is 17.7 Å². The number of morpholine rings is 1. The maximum Gasteiger partial charge on any atom is 0.243 e. The Morgan fingerprint density at radius 1 is 1.38 bits per heavy atom. The number of hydrogen-bond acceptors (Lipinski definition) is 5. The van der Waals surface area contributed by atoms with E-state index in [2.05, 4.69) is 32.0 Å². The van der Waals surface area contributed by atoms with Crippen LogP contribution in [0.5, 0.6) is 0 Å². The number of nitrogens with zero attached hydrogens (tertiary/aromatic N) is 4. The smallest absolute Gasteiger partial charge is 0.243 e. The summed E-state index contributed by atoms with van der Waals surface area (Å²) >= 11 is 0. The molecular weight excluding hydrogens is 435 g/mol. The number of rotatable bonds is 4. The van der Waals surface area contributed by atoms with Crippen molar-refractivity contribution < 1.29 is 13.9 Å². The summed E-state index contributed by atoms with van der Waals surface area (Å²) < 4.78 is 20.9. The predicted molar refractivity (Wildman–Crippen MR) is 127 cm³/mol. The van der Waals surface area contributed by atoms with Crippen LogP contribution < -0.4 is 4.90 Å². The van der Waals surface area contributed by atoms with Gasteiger partial charge in [0.15, 0.2) is 11.6 Å². The third-order valence-corrected chi connectivity index (χ3v) is 8.32. The van der Waals surface area contributed by atoms with Crippen molar-refractivity contribution >= 4 is 22.6 Å². The zero-order chi connectivity index (χ0) is 23.8. The molecular formula is C25H31FN6O2. The maximum absolute atomic E-state index is 15.5. The molecule has 2 fully saturated rings. The molecule has 3 heterocycles. The number of halogens is 1.